The molecule has 1 aromatic heterocycles. The first-order valence-corrected chi connectivity index (χ1v) is 4.51. The van der Waals surface area contributed by atoms with Crippen LogP contribution in [0.4, 0.5) is 0 Å². The Bertz CT molecular complexity index is 437. The minimum Gasteiger partial charge on any atom is -0.491 e. The summed E-state index contributed by atoms with van der Waals surface area (Å²) in [5, 5.41) is 4.81. The van der Waals surface area contributed by atoms with Gasteiger partial charge in [-0.1, -0.05) is 11.2 Å². The number of ether oxygens (including phenoxy) is 1. The van der Waals surface area contributed by atoms with Gasteiger partial charge >= 0.3 is 0 Å². The largest absolute Gasteiger partial charge is 0.491 e. The second-order valence-corrected chi connectivity index (χ2v) is 3.03. The Morgan fingerprint density at radius 1 is 1.50 bits per heavy atom. The number of benzene rings is 1. The van der Waals surface area contributed by atoms with Crippen molar-refractivity contribution in [3.05, 3.63) is 23.9 Å². The number of aromatic nitrogens is 1. The molecule has 0 aliphatic carbocycles. The molecule has 4 nitrogen and oxygen atoms in total. The van der Waals surface area contributed by atoms with Crippen LogP contribution >= 0.6 is 0 Å². The van der Waals surface area contributed by atoms with Gasteiger partial charge in [-0.25, -0.2) is 0 Å². The highest BCUT2D eigenvalue weighted by molar-refractivity contribution is 5.85. The molecule has 2 aromatic rings. The van der Waals surface area contributed by atoms with Gasteiger partial charge in [0, 0.05) is 6.54 Å². The van der Waals surface area contributed by atoms with Gasteiger partial charge in [-0.2, -0.15) is 0 Å². The van der Waals surface area contributed by atoms with Crippen LogP contribution in [0.15, 0.2) is 22.7 Å². The minimum absolute atomic E-state index is 0.501. The third kappa shape index (κ3) is 1.44. The van der Waals surface area contributed by atoms with Gasteiger partial charge in [0.2, 0.25) is 0 Å². The van der Waals surface area contributed by atoms with Crippen molar-refractivity contribution < 1.29 is 9.26 Å². The Hall–Kier alpha value is -1.55. The van der Waals surface area contributed by atoms with Crippen LogP contribution in [-0.4, -0.2) is 18.3 Å². The lowest BCUT2D eigenvalue weighted by Crippen LogP contribution is -2.10. The average Bonchev–Trinajstić information content (AvgIpc) is 2.58. The lowest BCUT2D eigenvalue weighted by molar-refractivity contribution is 0.332. The third-order valence-corrected chi connectivity index (χ3v) is 2.01. The quantitative estimate of drug-likeness (QED) is 0.800. The molecule has 1 aromatic carbocycles. The summed E-state index contributed by atoms with van der Waals surface area (Å²) in [7, 11) is 0. The number of nitrogens with two attached hydrogens (primary N) is 1. The third-order valence-electron chi connectivity index (χ3n) is 2.01. The highest BCUT2D eigenvalue weighted by atomic mass is 16.5. The Labute approximate surface area is 81.6 Å². The fraction of sp³-hybridized carbons (Fsp3) is 0.300. The van der Waals surface area contributed by atoms with E-state index in [0.29, 0.717) is 13.2 Å². The maximum Gasteiger partial charge on any atom is 0.170 e. The van der Waals surface area contributed by atoms with Gasteiger partial charge in [-0.15, -0.1) is 0 Å². The molecule has 0 aliphatic heterocycles. The molecule has 2 rings (SSSR count). The summed E-state index contributed by atoms with van der Waals surface area (Å²) in [6, 6.07) is 5.63. The fourth-order valence-electron chi connectivity index (χ4n) is 1.40. The average molecular weight is 192 g/mol. The molecule has 14 heavy (non-hydrogen) atoms. The molecule has 0 radical (unpaired) electrons. The Balaban J connectivity index is 2.46. The standard InChI is InChI=1S/C10H12N2O2/c1-7-10-8(13-6-5-11)3-2-4-9(10)14-12-7/h2-4H,5-6,11H2,1H3. The number of hydrogen-bond donors (Lipinski definition) is 1. The van der Waals surface area contributed by atoms with Crippen LogP contribution in [0.2, 0.25) is 0 Å². The topological polar surface area (TPSA) is 61.3 Å². The van der Waals surface area contributed by atoms with E-state index in [-0.39, 0.29) is 0 Å². The van der Waals surface area contributed by atoms with Crippen molar-refractivity contribution in [3.8, 4) is 5.75 Å². The van der Waals surface area contributed by atoms with Crippen molar-refractivity contribution in [1.82, 2.24) is 5.16 Å². The molecule has 1 heterocycles. The second kappa shape index (κ2) is 3.67. The van der Waals surface area contributed by atoms with Crippen LogP contribution in [0.5, 0.6) is 5.75 Å². The first-order valence-electron chi connectivity index (χ1n) is 4.51. The van der Waals surface area contributed by atoms with Crippen LogP contribution in [0.3, 0.4) is 0 Å². The smallest absolute Gasteiger partial charge is 0.170 e. The number of rotatable bonds is 3. The van der Waals surface area contributed by atoms with E-state index in [9.17, 15) is 0 Å². The Morgan fingerprint density at radius 2 is 2.36 bits per heavy atom. The number of aryl methyl sites for hydroxylation is 1. The molecule has 0 unspecified atom stereocenters. The summed E-state index contributed by atoms with van der Waals surface area (Å²) in [6.07, 6.45) is 0. The second-order valence-electron chi connectivity index (χ2n) is 3.03. The lowest BCUT2D eigenvalue weighted by Gasteiger charge is -2.04. The van der Waals surface area contributed by atoms with Gasteiger partial charge in [0.05, 0.1) is 11.1 Å². The summed E-state index contributed by atoms with van der Waals surface area (Å²) in [5.41, 5.74) is 6.96. The Morgan fingerprint density at radius 3 is 3.14 bits per heavy atom. The number of fused-ring (bicyclic) bond motifs is 1. The normalized spacial score (nSPS) is 10.7. The van der Waals surface area contributed by atoms with E-state index >= 15 is 0 Å². The Kier molecular flexibility index (Phi) is 2.37. The predicted molar refractivity (Wildman–Crippen MR) is 53.3 cm³/mol. The van der Waals surface area contributed by atoms with Gasteiger partial charge in [-0.3, -0.25) is 0 Å². The number of nitrogens with zero attached hydrogens (tertiary/aromatic N) is 1. The van der Waals surface area contributed by atoms with Crippen LogP contribution in [0.25, 0.3) is 11.0 Å². The molecule has 0 spiro atoms. The molecule has 0 fully saturated rings. The van der Waals surface area contributed by atoms with Crippen molar-refractivity contribution in [1.29, 1.82) is 0 Å². The molecule has 0 aliphatic rings. The van der Waals surface area contributed by atoms with Gasteiger partial charge < -0.3 is 15.0 Å². The summed E-state index contributed by atoms with van der Waals surface area (Å²) < 4.78 is 10.6. The van der Waals surface area contributed by atoms with E-state index in [1.807, 2.05) is 25.1 Å². The molecule has 74 valence electrons. The molecule has 0 saturated heterocycles. The van der Waals surface area contributed by atoms with Crippen molar-refractivity contribution in [2.45, 2.75) is 6.92 Å². The van der Waals surface area contributed by atoms with Crippen LogP contribution in [0, 0.1) is 6.92 Å². The first-order chi connectivity index (χ1) is 6.83. The number of hydrogen-bond acceptors (Lipinski definition) is 4. The van der Waals surface area contributed by atoms with Crippen LogP contribution < -0.4 is 10.5 Å². The van der Waals surface area contributed by atoms with E-state index in [1.54, 1.807) is 0 Å². The summed E-state index contributed by atoms with van der Waals surface area (Å²) in [5.74, 6) is 0.784. The summed E-state index contributed by atoms with van der Waals surface area (Å²) in [6.45, 7) is 2.89. The van der Waals surface area contributed by atoms with Crippen molar-refractivity contribution in [3.63, 3.8) is 0 Å². The zero-order valence-electron chi connectivity index (χ0n) is 7.99. The van der Waals surface area contributed by atoms with Gasteiger partial charge in [0.1, 0.15) is 12.4 Å². The molecule has 0 saturated carbocycles. The van der Waals surface area contributed by atoms with E-state index in [2.05, 4.69) is 5.16 Å². The monoisotopic (exact) mass is 192 g/mol. The maximum absolute atomic E-state index is 5.48. The summed E-state index contributed by atoms with van der Waals surface area (Å²) in [4.78, 5) is 0. The van der Waals surface area contributed by atoms with Gasteiger partial charge in [-0.05, 0) is 19.1 Å². The predicted octanol–water partition coefficient (Wildman–Crippen LogP) is 1.47. The van der Waals surface area contributed by atoms with Crippen LogP contribution in [-0.2, 0) is 0 Å². The maximum atomic E-state index is 5.48. The van der Waals surface area contributed by atoms with Crippen molar-refractivity contribution in [2.24, 2.45) is 5.73 Å². The van der Waals surface area contributed by atoms with E-state index < -0.39 is 0 Å². The first kappa shape index (κ1) is 9.02. The zero-order valence-corrected chi connectivity index (χ0v) is 7.99. The van der Waals surface area contributed by atoms with Crippen LogP contribution in [0.1, 0.15) is 5.69 Å². The molecule has 0 bridgehead atoms. The SMILES string of the molecule is Cc1noc2cccc(OCCN)c12. The molecule has 0 amide bonds. The minimum atomic E-state index is 0.501. The van der Waals surface area contributed by atoms with Gasteiger partial charge in [0.15, 0.2) is 5.58 Å². The molecular weight excluding hydrogens is 180 g/mol. The van der Waals surface area contributed by atoms with E-state index in [1.165, 1.54) is 0 Å². The van der Waals surface area contributed by atoms with E-state index in [0.717, 1.165) is 22.4 Å². The molecular formula is C10H12N2O2. The van der Waals surface area contributed by atoms with Gasteiger partial charge in [0.25, 0.3) is 0 Å². The molecule has 4 heteroatoms. The molecule has 0 atom stereocenters. The zero-order chi connectivity index (χ0) is 9.97. The van der Waals surface area contributed by atoms with Crippen molar-refractivity contribution in [2.75, 3.05) is 13.2 Å². The fourth-order valence-corrected chi connectivity index (χ4v) is 1.40. The highest BCUT2D eigenvalue weighted by Gasteiger charge is 2.09. The van der Waals surface area contributed by atoms with E-state index in [4.69, 9.17) is 15.0 Å². The summed E-state index contributed by atoms with van der Waals surface area (Å²) >= 11 is 0. The van der Waals surface area contributed by atoms with Crippen molar-refractivity contribution >= 4 is 11.0 Å². The molecule has 2 N–H and O–H groups in total. The lowest BCUT2D eigenvalue weighted by atomic mass is 10.2. The highest BCUT2D eigenvalue weighted by Crippen LogP contribution is 2.28.